The average molecular weight is 338 g/mol. The molecule has 0 saturated heterocycles. The second-order valence-corrected chi connectivity index (χ2v) is 5.48. The quantitative estimate of drug-likeness (QED) is 0.466. The Balaban J connectivity index is 0.00000151. The monoisotopic (exact) mass is 337 g/mol. The molecule has 0 spiro atoms. The summed E-state index contributed by atoms with van der Waals surface area (Å²) in [6.45, 7) is 9.55. The first-order valence-electron chi connectivity index (χ1n) is 8.90. The third-order valence-electron chi connectivity index (χ3n) is 3.87. The number of hydrogen-bond acceptors (Lipinski definition) is 1. The van der Waals surface area contributed by atoms with Gasteiger partial charge in [-0.25, -0.2) is 0 Å². The lowest BCUT2D eigenvalue weighted by molar-refractivity contribution is 0.443. The van der Waals surface area contributed by atoms with Crippen molar-refractivity contribution in [3.63, 3.8) is 0 Å². The second-order valence-electron chi connectivity index (χ2n) is 5.48. The van der Waals surface area contributed by atoms with E-state index in [-0.39, 0.29) is 0 Å². The minimum atomic E-state index is 0.557. The van der Waals surface area contributed by atoms with Crippen LogP contribution in [0.5, 0.6) is 0 Å². The molecule has 25 heavy (non-hydrogen) atoms. The number of hydrogen-bond donors (Lipinski definition) is 1. The van der Waals surface area contributed by atoms with E-state index in [4.69, 9.17) is 5.73 Å². The minimum absolute atomic E-state index is 0.557. The molecule has 0 amide bonds. The lowest BCUT2D eigenvalue weighted by Crippen LogP contribution is -2.38. The smallest absolute Gasteiger partial charge is 0.191 e. The van der Waals surface area contributed by atoms with Gasteiger partial charge in [-0.3, -0.25) is 4.99 Å². The van der Waals surface area contributed by atoms with Gasteiger partial charge in [0.25, 0.3) is 0 Å². The first-order valence-corrected chi connectivity index (χ1v) is 8.90. The first-order chi connectivity index (χ1) is 12.2. The number of benzene rings is 2. The molecule has 0 atom stereocenters. The number of nitrogens with two attached hydrogens (primary N) is 1. The van der Waals surface area contributed by atoms with E-state index in [1.165, 1.54) is 21.9 Å². The standard InChI is InChI=1S/C20H25N3.C2H6/c1-4-8-16(5-2)14-23(20(21)22-3)15-17-11-12-18-9-6-7-10-19(18)13-17;1-2/h4-13H,14-15H2,1-3H3,(H2,21,22);1-2H3/b8-4-,16-5+;. The van der Waals surface area contributed by atoms with E-state index in [1.54, 1.807) is 7.05 Å². The van der Waals surface area contributed by atoms with Crippen LogP contribution >= 0.6 is 0 Å². The molecule has 0 aliphatic carbocycles. The molecular weight excluding hydrogens is 306 g/mol. The highest BCUT2D eigenvalue weighted by Gasteiger charge is 2.10. The minimum Gasteiger partial charge on any atom is -0.370 e. The van der Waals surface area contributed by atoms with Crippen LogP contribution in [0.3, 0.4) is 0 Å². The molecule has 2 aromatic carbocycles. The Morgan fingerprint density at radius 2 is 1.76 bits per heavy atom. The molecule has 2 N–H and O–H groups in total. The van der Waals surface area contributed by atoms with Crippen molar-refractivity contribution in [1.82, 2.24) is 4.90 Å². The zero-order valence-corrected chi connectivity index (χ0v) is 16.2. The summed E-state index contributed by atoms with van der Waals surface area (Å²) in [6.07, 6.45) is 6.26. The van der Waals surface area contributed by atoms with Crippen molar-refractivity contribution in [2.75, 3.05) is 13.6 Å². The summed E-state index contributed by atoms with van der Waals surface area (Å²) >= 11 is 0. The van der Waals surface area contributed by atoms with Gasteiger partial charge in [-0.15, -0.1) is 0 Å². The van der Waals surface area contributed by atoms with Crippen molar-refractivity contribution < 1.29 is 0 Å². The maximum Gasteiger partial charge on any atom is 0.191 e. The molecule has 0 fully saturated rings. The van der Waals surface area contributed by atoms with Gasteiger partial charge in [-0.2, -0.15) is 0 Å². The Labute approximate surface area is 152 Å². The van der Waals surface area contributed by atoms with Crippen molar-refractivity contribution in [2.45, 2.75) is 34.2 Å². The van der Waals surface area contributed by atoms with Crippen LogP contribution in [-0.2, 0) is 6.54 Å². The zero-order valence-electron chi connectivity index (χ0n) is 16.2. The summed E-state index contributed by atoms with van der Waals surface area (Å²) < 4.78 is 0. The molecule has 0 unspecified atom stereocenters. The number of nitrogens with zero attached hydrogens (tertiary/aromatic N) is 2. The molecule has 3 nitrogen and oxygen atoms in total. The van der Waals surface area contributed by atoms with E-state index >= 15 is 0 Å². The topological polar surface area (TPSA) is 41.6 Å². The summed E-state index contributed by atoms with van der Waals surface area (Å²) in [5, 5.41) is 2.50. The third kappa shape index (κ3) is 6.11. The van der Waals surface area contributed by atoms with Gasteiger partial charge >= 0.3 is 0 Å². The summed E-state index contributed by atoms with van der Waals surface area (Å²) in [6, 6.07) is 14.9. The summed E-state index contributed by atoms with van der Waals surface area (Å²) in [7, 11) is 1.73. The number of rotatable bonds is 5. The lowest BCUT2D eigenvalue weighted by Gasteiger charge is -2.24. The maximum atomic E-state index is 6.10. The Hall–Kier alpha value is -2.55. The van der Waals surface area contributed by atoms with Gasteiger partial charge in [-0.05, 0) is 41.8 Å². The predicted molar refractivity (Wildman–Crippen MR) is 112 cm³/mol. The Morgan fingerprint density at radius 3 is 2.36 bits per heavy atom. The second kappa shape index (κ2) is 11.1. The molecule has 0 aliphatic rings. The molecule has 134 valence electrons. The van der Waals surface area contributed by atoms with Crippen LogP contribution in [0, 0.1) is 0 Å². The van der Waals surface area contributed by atoms with Crippen LogP contribution in [0.1, 0.15) is 33.3 Å². The van der Waals surface area contributed by atoms with Gasteiger partial charge in [0.1, 0.15) is 0 Å². The van der Waals surface area contributed by atoms with Crippen LogP contribution in [0.25, 0.3) is 10.8 Å². The van der Waals surface area contributed by atoms with Crippen molar-refractivity contribution in [3.05, 3.63) is 71.8 Å². The molecule has 0 bridgehead atoms. The van der Waals surface area contributed by atoms with Crippen molar-refractivity contribution in [3.8, 4) is 0 Å². The number of guanidine groups is 1. The Kier molecular flexibility index (Phi) is 9.09. The fourth-order valence-corrected chi connectivity index (χ4v) is 2.59. The molecule has 3 heteroatoms. The van der Waals surface area contributed by atoms with Crippen LogP contribution in [0.15, 0.2) is 71.3 Å². The van der Waals surface area contributed by atoms with E-state index in [0.29, 0.717) is 5.96 Å². The molecule has 0 aliphatic heterocycles. The van der Waals surface area contributed by atoms with Gasteiger partial charge in [-0.1, -0.05) is 68.5 Å². The summed E-state index contributed by atoms with van der Waals surface area (Å²) in [5.41, 5.74) is 8.55. The fraction of sp³-hybridized carbons (Fsp3) is 0.318. The van der Waals surface area contributed by atoms with E-state index in [9.17, 15) is 0 Å². The van der Waals surface area contributed by atoms with Crippen LogP contribution in [-0.4, -0.2) is 24.5 Å². The predicted octanol–water partition coefficient (Wildman–Crippen LogP) is 5.13. The molecule has 0 aromatic heterocycles. The van der Waals surface area contributed by atoms with Gasteiger partial charge in [0, 0.05) is 20.1 Å². The third-order valence-corrected chi connectivity index (χ3v) is 3.87. The van der Waals surface area contributed by atoms with Gasteiger partial charge in [0.15, 0.2) is 5.96 Å². The van der Waals surface area contributed by atoms with Crippen molar-refractivity contribution in [2.24, 2.45) is 10.7 Å². The highest BCUT2D eigenvalue weighted by Crippen LogP contribution is 2.17. The SMILES string of the molecule is C/C=C\C(=C/C)CN(Cc1ccc2ccccc2c1)C(N)=NC.CC. The zero-order chi connectivity index (χ0) is 18.7. The number of allylic oxidation sites excluding steroid dienone is 2. The number of fused-ring (bicyclic) bond motifs is 1. The molecule has 0 saturated carbocycles. The first kappa shape index (κ1) is 20.5. The van der Waals surface area contributed by atoms with Crippen LogP contribution < -0.4 is 5.73 Å². The van der Waals surface area contributed by atoms with Crippen molar-refractivity contribution in [1.29, 1.82) is 0 Å². The summed E-state index contributed by atoms with van der Waals surface area (Å²) in [5.74, 6) is 0.557. The van der Waals surface area contributed by atoms with E-state index in [0.717, 1.165) is 13.1 Å². The van der Waals surface area contributed by atoms with Gasteiger partial charge < -0.3 is 10.6 Å². The van der Waals surface area contributed by atoms with E-state index in [2.05, 4.69) is 64.5 Å². The van der Waals surface area contributed by atoms with Crippen LogP contribution in [0.2, 0.25) is 0 Å². The fourth-order valence-electron chi connectivity index (χ4n) is 2.59. The maximum absolute atomic E-state index is 6.10. The summed E-state index contributed by atoms with van der Waals surface area (Å²) in [4.78, 5) is 6.26. The van der Waals surface area contributed by atoms with Gasteiger partial charge in [0.2, 0.25) is 0 Å². The average Bonchev–Trinajstić information content (AvgIpc) is 2.67. The molecule has 2 rings (SSSR count). The highest BCUT2D eigenvalue weighted by atomic mass is 15.2. The van der Waals surface area contributed by atoms with E-state index in [1.807, 2.05) is 33.8 Å². The molecule has 0 heterocycles. The molecule has 2 aromatic rings. The van der Waals surface area contributed by atoms with Crippen molar-refractivity contribution >= 4 is 16.7 Å². The number of aliphatic imine (C=N–C) groups is 1. The Morgan fingerprint density at radius 1 is 1.08 bits per heavy atom. The van der Waals surface area contributed by atoms with Crippen LogP contribution in [0.4, 0.5) is 0 Å². The highest BCUT2D eigenvalue weighted by molar-refractivity contribution is 5.83. The van der Waals surface area contributed by atoms with Gasteiger partial charge in [0.05, 0.1) is 0 Å². The van der Waals surface area contributed by atoms with E-state index < -0.39 is 0 Å². The largest absolute Gasteiger partial charge is 0.370 e. The lowest BCUT2D eigenvalue weighted by atomic mass is 10.1. The normalized spacial score (nSPS) is 12.2. The Bertz CT molecular complexity index is 742. The molecular formula is C22H31N3. The molecule has 0 radical (unpaired) electrons.